The molecule has 3 aromatic rings. The quantitative estimate of drug-likeness (QED) is 0.675. The van der Waals surface area contributed by atoms with Gasteiger partial charge in [-0.3, -0.25) is 4.98 Å². The van der Waals surface area contributed by atoms with E-state index in [0.29, 0.717) is 5.75 Å². The summed E-state index contributed by atoms with van der Waals surface area (Å²) in [6, 6.07) is 20.1. The number of piperidine rings is 1. The number of ether oxygens (including phenoxy) is 1. The molecule has 0 aliphatic carbocycles. The Bertz CT molecular complexity index is 872. The minimum Gasteiger partial charge on any atom is -0.457 e. The lowest BCUT2D eigenvalue weighted by Crippen LogP contribution is -2.28. The van der Waals surface area contributed by atoms with Gasteiger partial charge in [0, 0.05) is 11.3 Å². The van der Waals surface area contributed by atoms with E-state index in [0.717, 1.165) is 48.1 Å². The van der Waals surface area contributed by atoms with E-state index in [-0.39, 0.29) is 5.82 Å². The van der Waals surface area contributed by atoms with Crippen molar-refractivity contribution in [2.24, 2.45) is 5.92 Å². The molecule has 2 aromatic carbocycles. The molecule has 1 aliphatic rings. The molecule has 2 heterocycles. The highest BCUT2D eigenvalue weighted by atomic mass is 19.1. The van der Waals surface area contributed by atoms with Crippen molar-refractivity contribution < 1.29 is 9.13 Å². The zero-order valence-electron chi connectivity index (χ0n) is 15.2. The summed E-state index contributed by atoms with van der Waals surface area (Å²) in [5.74, 6) is 1.79. The second kappa shape index (κ2) is 8.31. The Morgan fingerprint density at radius 2 is 1.56 bits per heavy atom. The summed E-state index contributed by atoms with van der Waals surface area (Å²) in [5.41, 5.74) is 3.20. The van der Waals surface area contributed by atoms with Crippen LogP contribution in [-0.4, -0.2) is 18.1 Å². The fraction of sp³-hybridized carbons (Fsp3) is 0.261. The first kappa shape index (κ1) is 17.7. The fourth-order valence-corrected chi connectivity index (χ4v) is 3.47. The number of nitrogens with one attached hydrogen (secondary N) is 1. The van der Waals surface area contributed by atoms with Gasteiger partial charge in [-0.05, 0) is 98.9 Å². The molecule has 0 radical (unpaired) electrons. The molecular weight excluding hydrogens is 339 g/mol. The van der Waals surface area contributed by atoms with Gasteiger partial charge >= 0.3 is 0 Å². The van der Waals surface area contributed by atoms with Crippen LogP contribution in [0.15, 0.2) is 66.7 Å². The van der Waals surface area contributed by atoms with E-state index in [1.165, 1.54) is 25.0 Å². The summed E-state index contributed by atoms with van der Waals surface area (Å²) in [6.07, 6.45) is 3.49. The zero-order chi connectivity index (χ0) is 18.5. The molecule has 1 saturated heterocycles. The highest BCUT2D eigenvalue weighted by Gasteiger charge is 2.14. The molecule has 0 spiro atoms. The van der Waals surface area contributed by atoms with E-state index >= 15 is 0 Å². The molecule has 0 bridgehead atoms. The number of aromatic nitrogens is 1. The van der Waals surface area contributed by atoms with Gasteiger partial charge in [-0.25, -0.2) is 4.39 Å². The molecule has 4 rings (SSSR count). The van der Waals surface area contributed by atoms with Crippen molar-refractivity contribution in [3.63, 3.8) is 0 Å². The van der Waals surface area contributed by atoms with Crippen molar-refractivity contribution in [1.29, 1.82) is 0 Å². The van der Waals surface area contributed by atoms with E-state index in [4.69, 9.17) is 9.72 Å². The average Bonchev–Trinajstić information content (AvgIpc) is 2.71. The van der Waals surface area contributed by atoms with Crippen molar-refractivity contribution in [2.75, 3.05) is 13.1 Å². The number of benzene rings is 2. The molecular formula is C23H23FN2O. The molecule has 1 aromatic heterocycles. The maximum absolute atomic E-state index is 13.0. The number of hydrogen-bond acceptors (Lipinski definition) is 3. The van der Waals surface area contributed by atoms with Crippen molar-refractivity contribution in [3.8, 4) is 22.8 Å². The van der Waals surface area contributed by atoms with Gasteiger partial charge < -0.3 is 10.1 Å². The van der Waals surface area contributed by atoms with Crippen LogP contribution in [-0.2, 0) is 6.42 Å². The Kier molecular flexibility index (Phi) is 5.45. The van der Waals surface area contributed by atoms with E-state index in [9.17, 15) is 4.39 Å². The second-order valence-electron chi connectivity index (χ2n) is 6.99. The van der Waals surface area contributed by atoms with Crippen LogP contribution < -0.4 is 10.1 Å². The van der Waals surface area contributed by atoms with Gasteiger partial charge in [0.1, 0.15) is 17.3 Å². The summed E-state index contributed by atoms with van der Waals surface area (Å²) in [5, 5.41) is 3.41. The Hall–Kier alpha value is -2.72. The topological polar surface area (TPSA) is 34.1 Å². The first-order valence-corrected chi connectivity index (χ1v) is 9.47. The largest absolute Gasteiger partial charge is 0.457 e. The fourth-order valence-electron chi connectivity index (χ4n) is 3.47. The molecule has 27 heavy (non-hydrogen) atoms. The van der Waals surface area contributed by atoms with Crippen LogP contribution in [0.3, 0.4) is 0 Å². The van der Waals surface area contributed by atoms with Crippen LogP contribution in [0.4, 0.5) is 4.39 Å². The molecule has 1 aliphatic heterocycles. The Morgan fingerprint density at radius 1 is 0.889 bits per heavy atom. The Labute approximate surface area is 159 Å². The minimum atomic E-state index is -0.270. The third-order valence-corrected chi connectivity index (χ3v) is 4.96. The maximum Gasteiger partial charge on any atom is 0.127 e. The van der Waals surface area contributed by atoms with Crippen LogP contribution in [0.25, 0.3) is 11.3 Å². The Balaban J connectivity index is 1.45. The van der Waals surface area contributed by atoms with Gasteiger partial charge in [-0.2, -0.15) is 0 Å². The van der Waals surface area contributed by atoms with Crippen LogP contribution in [0, 0.1) is 11.7 Å². The summed E-state index contributed by atoms with van der Waals surface area (Å²) in [7, 11) is 0. The molecule has 1 N–H and O–H groups in total. The Morgan fingerprint density at radius 3 is 2.26 bits per heavy atom. The molecule has 3 nitrogen and oxygen atoms in total. The molecule has 138 valence electrons. The third kappa shape index (κ3) is 4.72. The predicted molar refractivity (Wildman–Crippen MR) is 105 cm³/mol. The number of pyridine rings is 1. The standard InChI is InChI=1S/C23H23FN2O/c24-19-6-10-22(11-7-19)27-21-8-4-18(5-9-21)23-3-1-2-20(26-23)16-17-12-14-25-15-13-17/h1-11,17,25H,12-16H2. The van der Waals surface area contributed by atoms with Crippen LogP contribution in [0.1, 0.15) is 18.5 Å². The molecule has 1 fully saturated rings. The van der Waals surface area contributed by atoms with E-state index < -0.39 is 0 Å². The summed E-state index contributed by atoms with van der Waals surface area (Å²) in [6.45, 7) is 2.22. The summed E-state index contributed by atoms with van der Waals surface area (Å²) in [4.78, 5) is 4.86. The van der Waals surface area contributed by atoms with Crippen LogP contribution in [0.2, 0.25) is 0 Å². The van der Waals surface area contributed by atoms with Gasteiger partial charge in [-0.15, -0.1) is 0 Å². The van der Waals surface area contributed by atoms with Crippen molar-refractivity contribution in [3.05, 3.63) is 78.2 Å². The first-order chi connectivity index (χ1) is 13.3. The molecule has 0 saturated carbocycles. The smallest absolute Gasteiger partial charge is 0.127 e. The lowest BCUT2D eigenvalue weighted by Gasteiger charge is -2.22. The van der Waals surface area contributed by atoms with E-state index in [2.05, 4.69) is 17.4 Å². The number of halogens is 1. The normalized spacial score (nSPS) is 14.9. The van der Waals surface area contributed by atoms with Crippen LogP contribution in [0.5, 0.6) is 11.5 Å². The average molecular weight is 362 g/mol. The van der Waals surface area contributed by atoms with Crippen molar-refractivity contribution >= 4 is 0 Å². The lowest BCUT2D eigenvalue weighted by molar-refractivity contribution is 0.370. The number of hydrogen-bond donors (Lipinski definition) is 1. The number of rotatable bonds is 5. The minimum absolute atomic E-state index is 0.270. The summed E-state index contributed by atoms with van der Waals surface area (Å²) < 4.78 is 18.7. The molecule has 0 unspecified atom stereocenters. The second-order valence-corrected chi connectivity index (χ2v) is 6.99. The molecule has 0 amide bonds. The van der Waals surface area contributed by atoms with Crippen LogP contribution >= 0.6 is 0 Å². The molecule has 4 heteroatoms. The van der Waals surface area contributed by atoms with Gasteiger partial charge in [0.15, 0.2) is 0 Å². The lowest BCUT2D eigenvalue weighted by atomic mass is 9.93. The highest BCUT2D eigenvalue weighted by molar-refractivity contribution is 5.60. The van der Waals surface area contributed by atoms with E-state index in [1.54, 1.807) is 12.1 Å². The van der Waals surface area contributed by atoms with Gasteiger partial charge in [0.2, 0.25) is 0 Å². The third-order valence-electron chi connectivity index (χ3n) is 4.96. The summed E-state index contributed by atoms with van der Waals surface area (Å²) >= 11 is 0. The number of nitrogens with zero attached hydrogens (tertiary/aromatic N) is 1. The zero-order valence-corrected chi connectivity index (χ0v) is 15.2. The molecule has 0 atom stereocenters. The predicted octanol–water partition coefficient (Wildman–Crippen LogP) is 5.22. The maximum atomic E-state index is 13.0. The van der Waals surface area contributed by atoms with Crippen molar-refractivity contribution in [1.82, 2.24) is 10.3 Å². The van der Waals surface area contributed by atoms with E-state index in [1.807, 2.05) is 30.3 Å². The first-order valence-electron chi connectivity index (χ1n) is 9.47. The highest BCUT2D eigenvalue weighted by Crippen LogP contribution is 2.26. The monoisotopic (exact) mass is 362 g/mol. The SMILES string of the molecule is Fc1ccc(Oc2ccc(-c3cccc(CC4CCNCC4)n3)cc2)cc1. The van der Waals surface area contributed by atoms with Gasteiger partial charge in [0.05, 0.1) is 5.69 Å². The van der Waals surface area contributed by atoms with Gasteiger partial charge in [0.25, 0.3) is 0 Å². The van der Waals surface area contributed by atoms with Crippen molar-refractivity contribution in [2.45, 2.75) is 19.3 Å². The van der Waals surface area contributed by atoms with Gasteiger partial charge in [-0.1, -0.05) is 6.07 Å².